The van der Waals surface area contributed by atoms with Crippen LogP contribution in [0.5, 0.6) is 0 Å². The largest absolute Gasteiger partial charge is 0.462 e. The molecule has 398 valence electrons. The van der Waals surface area contributed by atoms with Gasteiger partial charge in [-0.25, -0.2) is 0 Å². The summed E-state index contributed by atoms with van der Waals surface area (Å²) in [7, 11) is 0. The second-order valence-corrected chi connectivity index (χ2v) is 21.0. The highest BCUT2D eigenvalue weighted by atomic mass is 16.6. The van der Waals surface area contributed by atoms with Crippen molar-refractivity contribution in [1.82, 2.24) is 0 Å². The molecule has 0 radical (unpaired) electrons. The van der Waals surface area contributed by atoms with Gasteiger partial charge in [0, 0.05) is 19.3 Å². The lowest BCUT2D eigenvalue weighted by Gasteiger charge is -2.18. The smallest absolute Gasteiger partial charge is 0.306 e. The van der Waals surface area contributed by atoms with Crippen molar-refractivity contribution in [3.05, 3.63) is 0 Å². The summed E-state index contributed by atoms with van der Waals surface area (Å²) in [6, 6.07) is 0. The maximum atomic E-state index is 12.8. The molecule has 67 heavy (non-hydrogen) atoms. The van der Waals surface area contributed by atoms with Gasteiger partial charge in [-0.05, 0) is 19.3 Å². The summed E-state index contributed by atoms with van der Waals surface area (Å²) in [6.45, 7) is 6.67. The van der Waals surface area contributed by atoms with Gasteiger partial charge in [-0.1, -0.05) is 316 Å². The van der Waals surface area contributed by atoms with Crippen LogP contribution >= 0.6 is 0 Å². The lowest BCUT2D eigenvalue weighted by atomic mass is 10.0. The zero-order chi connectivity index (χ0) is 48.6. The van der Waals surface area contributed by atoms with Crippen molar-refractivity contribution in [2.75, 3.05) is 13.2 Å². The molecule has 0 aromatic rings. The van der Waals surface area contributed by atoms with Crippen LogP contribution < -0.4 is 0 Å². The van der Waals surface area contributed by atoms with Gasteiger partial charge in [-0.15, -0.1) is 0 Å². The Morgan fingerprint density at radius 3 is 0.597 bits per heavy atom. The summed E-state index contributed by atoms with van der Waals surface area (Å²) in [5.74, 6) is -0.842. The molecule has 0 saturated carbocycles. The Morgan fingerprint density at radius 2 is 0.403 bits per heavy atom. The van der Waals surface area contributed by atoms with Gasteiger partial charge in [0.15, 0.2) is 6.10 Å². The minimum atomic E-state index is -0.760. The Bertz CT molecular complexity index is 998. The Balaban J connectivity index is 4.00. The molecule has 0 aliphatic rings. The van der Waals surface area contributed by atoms with E-state index in [1.54, 1.807) is 0 Å². The average Bonchev–Trinajstić information content (AvgIpc) is 3.33. The van der Waals surface area contributed by atoms with Crippen molar-refractivity contribution in [2.24, 2.45) is 0 Å². The molecule has 1 unspecified atom stereocenters. The second kappa shape index (κ2) is 57.0. The first kappa shape index (κ1) is 65.4. The van der Waals surface area contributed by atoms with Gasteiger partial charge in [-0.3, -0.25) is 14.4 Å². The fourth-order valence-electron chi connectivity index (χ4n) is 9.51. The number of esters is 3. The monoisotopic (exact) mass is 947 g/mol. The topological polar surface area (TPSA) is 78.9 Å². The molecule has 0 amide bonds. The molecular formula is C61H118O6. The van der Waals surface area contributed by atoms with Gasteiger partial charge in [0.25, 0.3) is 0 Å². The molecule has 0 aliphatic carbocycles. The Labute approximate surface area is 418 Å². The first-order valence-electron chi connectivity index (χ1n) is 30.5. The van der Waals surface area contributed by atoms with Gasteiger partial charge in [-0.2, -0.15) is 0 Å². The molecule has 0 aromatic carbocycles. The molecule has 0 fully saturated rings. The fourth-order valence-corrected chi connectivity index (χ4v) is 9.51. The van der Waals surface area contributed by atoms with E-state index < -0.39 is 6.10 Å². The SMILES string of the molecule is CCCCCCCCCCCCCCCCCCCCCCCCCCCCCC(=O)OCC(COC(=O)CCCCCCCCC)OC(=O)CCCCCCCCCCCCCCCCC. The van der Waals surface area contributed by atoms with E-state index in [1.165, 1.54) is 257 Å². The maximum Gasteiger partial charge on any atom is 0.306 e. The Kier molecular flexibility index (Phi) is 55.6. The molecule has 0 heterocycles. The number of carbonyl (C=O) groups excluding carboxylic acids is 3. The van der Waals surface area contributed by atoms with Crippen LogP contribution in [0.3, 0.4) is 0 Å². The molecule has 0 aromatic heterocycles. The number of unbranched alkanes of at least 4 members (excludes halogenated alkanes) is 46. The third-order valence-corrected chi connectivity index (χ3v) is 14.1. The third-order valence-electron chi connectivity index (χ3n) is 14.1. The fraction of sp³-hybridized carbons (Fsp3) is 0.951. The highest BCUT2D eigenvalue weighted by molar-refractivity contribution is 5.71. The standard InChI is InChI=1S/C61H118O6/c1-4-7-10-13-16-18-20-22-24-25-26-27-28-29-30-31-32-33-34-35-37-38-40-42-45-48-51-54-60(63)66-57-58(56-65-59(62)53-50-47-44-15-12-9-6-3)67-61(64)55-52-49-46-43-41-39-36-23-21-19-17-14-11-8-5-2/h58H,4-57H2,1-3H3. The number of ether oxygens (including phenoxy) is 3. The molecular weight excluding hydrogens is 829 g/mol. The summed E-state index contributed by atoms with van der Waals surface area (Å²) in [4.78, 5) is 37.9. The summed E-state index contributed by atoms with van der Waals surface area (Å²) >= 11 is 0. The quantitative estimate of drug-likeness (QED) is 0.0343. The average molecular weight is 948 g/mol. The van der Waals surface area contributed by atoms with Crippen molar-refractivity contribution in [3.8, 4) is 0 Å². The predicted octanol–water partition coefficient (Wildman–Crippen LogP) is 20.3. The zero-order valence-electron chi connectivity index (χ0n) is 45.7. The normalized spacial score (nSPS) is 11.9. The van der Waals surface area contributed by atoms with E-state index in [1.807, 2.05) is 0 Å². The summed E-state index contributed by atoms with van der Waals surface area (Å²) in [6.07, 6.45) is 64.3. The van der Waals surface area contributed by atoms with Crippen LogP contribution in [-0.4, -0.2) is 37.2 Å². The van der Waals surface area contributed by atoms with Crippen LogP contribution in [0, 0.1) is 0 Å². The molecule has 0 rings (SSSR count). The van der Waals surface area contributed by atoms with Crippen LogP contribution in [0.25, 0.3) is 0 Å². The van der Waals surface area contributed by atoms with E-state index in [-0.39, 0.29) is 31.1 Å². The van der Waals surface area contributed by atoms with Crippen LogP contribution in [0.1, 0.15) is 355 Å². The molecule has 6 nitrogen and oxygen atoms in total. The number of hydrogen-bond donors (Lipinski definition) is 0. The lowest BCUT2D eigenvalue weighted by Crippen LogP contribution is -2.30. The molecule has 1 atom stereocenters. The van der Waals surface area contributed by atoms with Gasteiger partial charge in [0.2, 0.25) is 0 Å². The van der Waals surface area contributed by atoms with Gasteiger partial charge >= 0.3 is 17.9 Å². The minimum Gasteiger partial charge on any atom is -0.462 e. The molecule has 6 heteroatoms. The second-order valence-electron chi connectivity index (χ2n) is 21.0. The minimum absolute atomic E-state index is 0.0619. The summed E-state index contributed by atoms with van der Waals surface area (Å²) in [5.41, 5.74) is 0. The van der Waals surface area contributed by atoms with E-state index in [2.05, 4.69) is 20.8 Å². The summed E-state index contributed by atoms with van der Waals surface area (Å²) < 4.78 is 16.8. The van der Waals surface area contributed by atoms with Crippen molar-refractivity contribution in [3.63, 3.8) is 0 Å². The zero-order valence-corrected chi connectivity index (χ0v) is 45.7. The molecule has 0 N–H and O–H groups in total. The first-order chi connectivity index (χ1) is 33.0. The molecule has 0 saturated heterocycles. The van der Waals surface area contributed by atoms with Crippen LogP contribution in [0.2, 0.25) is 0 Å². The van der Waals surface area contributed by atoms with E-state index in [4.69, 9.17) is 14.2 Å². The number of hydrogen-bond acceptors (Lipinski definition) is 6. The molecule has 0 aliphatic heterocycles. The maximum absolute atomic E-state index is 12.8. The van der Waals surface area contributed by atoms with Crippen LogP contribution in [0.15, 0.2) is 0 Å². The van der Waals surface area contributed by atoms with Gasteiger partial charge < -0.3 is 14.2 Å². The lowest BCUT2D eigenvalue weighted by molar-refractivity contribution is -0.167. The van der Waals surface area contributed by atoms with E-state index >= 15 is 0 Å². The van der Waals surface area contributed by atoms with Crippen molar-refractivity contribution in [1.29, 1.82) is 0 Å². The summed E-state index contributed by atoms with van der Waals surface area (Å²) in [5, 5.41) is 0. The highest BCUT2D eigenvalue weighted by Crippen LogP contribution is 2.18. The molecule has 0 bridgehead atoms. The highest BCUT2D eigenvalue weighted by Gasteiger charge is 2.19. The predicted molar refractivity (Wildman–Crippen MR) is 289 cm³/mol. The van der Waals surface area contributed by atoms with Crippen LogP contribution in [-0.2, 0) is 28.6 Å². The Hall–Kier alpha value is -1.59. The van der Waals surface area contributed by atoms with Crippen molar-refractivity contribution in [2.45, 2.75) is 361 Å². The number of rotatable bonds is 57. The third kappa shape index (κ3) is 55.2. The Morgan fingerprint density at radius 1 is 0.239 bits per heavy atom. The van der Waals surface area contributed by atoms with Crippen molar-refractivity contribution < 1.29 is 28.6 Å². The first-order valence-corrected chi connectivity index (χ1v) is 30.5. The van der Waals surface area contributed by atoms with E-state index in [9.17, 15) is 14.4 Å². The number of carbonyl (C=O) groups is 3. The van der Waals surface area contributed by atoms with Gasteiger partial charge in [0.1, 0.15) is 13.2 Å². The van der Waals surface area contributed by atoms with E-state index in [0.29, 0.717) is 19.3 Å². The van der Waals surface area contributed by atoms with E-state index in [0.717, 1.165) is 57.8 Å². The van der Waals surface area contributed by atoms with Gasteiger partial charge in [0.05, 0.1) is 0 Å². The van der Waals surface area contributed by atoms with Crippen LogP contribution in [0.4, 0.5) is 0 Å². The van der Waals surface area contributed by atoms with Crippen molar-refractivity contribution >= 4 is 17.9 Å². The molecule has 0 spiro atoms.